The fourth-order valence-electron chi connectivity index (χ4n) is 3.81. The number of Topliss-reactive ketones (excluding diaryl/α,β-unsaturated/α-hetero) is 1. The first-order chi connectivity index (χ1) is 12.2. The van der Waals surface area contributed by atoms with Crippen molar-refractivity contribution in [2.24, 2.45) is 5.73 Å². The van der Waals surface area contributed by atoms with Crippen LogP contribution in [0.4, 0.5) is 0 Å². The number of rotatable bonds is 3. The van der Waals surface area contributed by atoms with Crippen molar-refractivity contribution in [2.45, 2.75) is 72.7 Å². The largest absolute Gasteiger partial charge is 0.394 e. The molecule has 0 bridgehead atoms. The van der Waals surface area contributed by atoms with Crippen molar-refractivity contribution in [3.63, 3.8) is 0 Å². The van der Waals surface area contributed by atoms with E-state index in [4.69, 9.17) is 10.5 Å². The summed E-state index contributed by atoms with van der Waals surface area (Å²) in [6.07, 6.45) is -15.9. The Morgan fingerprint density at radius 2 is 1.41 bits per heavy atom. The monoisotopic (exact) mass is 399 g/mol. The second-order valence-electron chi connectivity index (χ2n) is 7.00. The minimum atomic E-state index is -3.71. The summed E-state index contributed by atoms with van der Waals surface area (Å²) in [7, 11) is 0. The number of carbonyl (C=O) groups is 1. The molecule has 0 spiro atoms. The number of ketones is 1. The SMILES string of the molecule is CC(=O)[C@@]1(O)[C@@H](O)[C@H](O)[C@@H](O)[C@@H](O)[C@@]1(O)[C@@]1(O)O[C@H](CO)[C@@H](O)[C@H](O)[C@H]1N. The number of hydrogen-bond donors (Lipinski definition) is 11. The molecule has 1 aliphatic heterocycles. The van der Waals surface area contributed by atoms with Gasteiger partial charge in [-0.25, -0.2) is 0 Å². The van der Waals surface area contributed by atoms with Gasteiger partial charge in [-0.05, 0) is 6.92 Å². The average Bonchev–Trinajstić information content (AvgIpc) is 2.63. The summed E-state index contributed by atoms with van der Waals surface area (Å²) in [5.74, 6) is -4.95. The number of nitrogens with two attached hydrogens (primary N) is 1. The highest BCUT2D eigenvalue weighted by molar-refractivity contribution is 5.88. The van der Waals surface area contributed by atoms with Crippen LogP contribution in [0.3, 0.4) is 0 Å². The maximum atomic E-state index is 12.1. The summed E-state index contributed by atoms with van der Waals surface area (Å²) < 4.78 is 4.95. The predicted molar refractivity (Wildman–Crippen MR) is 81.5 cm³/mol. The van der Waals surface area contributed by atoms with Crippen LogP contribution in [-0.2, 0) is 9.53 Å². The molecule has 2 rings (SSSR count). The summed E-state index contributed by atoms with van der Waals surface area (Å²) in [6, 6.07) is -2.21. The molecule has 12 N–H and O–H groups in total. The highest BCUT2D eigenvalue weighted by Gasteiger charge is 2.79. The quantitative estimate of drug-likeness (QED) is 0.211. The fraction of sp³-hybridized carbons (Fsp3) is 0.929. The van der Waals surface area contributed by atoms with E-state index in [2.05, 4.69) is 0 Å². The topological polar surface area (TPSA) is 255 Å². The number of carbonyl (C=O) groups excluding carboxylic acids is 1. The second-order valence-corrected chi connectivity index (χ2v) is 7.00. The van der Waals surface area contributed by atoms with Gasteiger partial charge in [0.2, 0.25) is 5.79 Å². The Bertz CT molecular complexity index is 590. The fourth-order valence-corrected chi connectivity index (χ4v) is 3.81. The molecular weight excluding hydrogens is 374 g/mol. The van der Waals surface area contributed by atoms with Gasteiger partial charge in [0.1, 0.15) is 42.7 Å². The van der Waals surface area contributed by atoms with Crippen molar-refractivity contribution < 1.29 is 60.6 Å². The molecule has 2 fully saturated rings. The molecule has 1 aliphatic carbocycles. The van der Waals surface area contributed by atoms with Crippen molar-refractivity contribution >= 4 is 5.78 Å². The highest BCUT2D eigenvalue weighted by atomic mass is 16.7. The molecular formula is C14H25NO12. The van der Waals surface area contributed by atoms with Gasteiger partial charge in [-0.3, -0.25) is 4.79 Å². The van der Waals surface area contributed by atoms with E-state index in [-0.39, 0.29) is 0 Å². The van der Waals surface area contributed by atoms with E-state index in [1.165, 1.54) is 0 Å². The zero-order valence-electron chi connectivity index (χ0n) is 14.2. The van der Waals surface area contributed by atoms with Gasteiger partial charge in [0.05, 0.1) is 12.6 Å². The molecule has 0 aromatic rings. The van der Waals surface area contributed by atoms with Gasteiger partial charge < -0.3 is 61.5 Å². The summed E-state index contributed by atoms with van der Waals surface area (Å²) in [6.45, 7) is -0.399. The minimum Gasteiger partial charge on any atom is -0.394 e. The molecule has 1 saturated carbocycles. The van der Waals surface area contributed by atoms with Gasteiger partial charge in [-0.15, -0.1) is 0 Å². The first-order valence-electron chi connectivity index (χ1n) is 8.04. The predicted octanol–water partition coefficient (Wildman–Crippen LogP) is -7.38. The summed E-state index contributed by atoms with van der Waals surface area (Å²) >= 11 is 0. The van der Waals surface area contributed by atoms with E-state index in [1.54, 1.807) is 0 Å². The molecule has 0 amide bonds. The van der Waals surface area contributed by atoms with Crippen LogP contribution in [0.25, 0.3) is 0 Å². The lowest BCUT2D eigenvalue weighted by atomic mass is 9.58. The average molecular weight is 399 g/mol. The maximum Gasteiger partial charge on any atom is 0.220 e. The van der Waals surface area contributed by atoms with Crippen molar-refractivity contribution in [3.05, 3.63) is 0 Å². The van der Waals surface area contributed by atoms with Gasteiger partial charge in [-0.2, -0.15) is 0 Å². The van der Waals surface area contributed by atoms with Crippen LogP contribution < -0.4 is 5.73 Å². The minimum absolute atomic E-state index is 0.637. The lowest BCUT2D eigenvalue weighted by Gasteiger charge is -2.62. The Kier molecular flexibility index (Phi) is 5.75. The molecule has 11 atom stereocenters. The standard InChI is InChI=1S/C14H25NO12/c1-3(17)12(24)10(22)7(20)8(21)11(23)13(12,25)14(26)9(15)6(19)5(18)4(2-16)27-14/h4-11,16,18-26H,2,15H2,1H3/t4-,5-,6+,7-,8-,9-,10+,11-,12-,13+,14+/m1/s1. The third-order valence-electron chi connectivity index (χ3n) is 5.58. The Hall–Kier alpha value is -0.810. The number of ether oxygens (including phenoxy) is 1. The smallest absolute Gasteiger partial charge is 0.220 e. The van der Waals surface area contributed by atoms with Gasteiger partial charge in [0.25, 0.3) is 0 Å². The van der Waals surface area contributed by atoms with Gasteiger partial charge in [0.15, 0.2) is 17.0 Å². The molecule has 1 saturated heterocycles. The molecule has 27 heavy (non-hydrogen) atoms. The number of aliphatic hydroxyl groups excluding tert-OH is 7. The van der Waals surface area contributed by atoms with Gasteiger partial charge in [0, 0.05) is 0 Å². The number of aliphatic hydroxyl groups is 10. The van der Waals surface area contributed by atoms with Crippen LogP contribution in [0.5, 0.6) is 0 Å². The maximum absolute atomic E-state index is 12.1. The Labute approximate surface area is 152 Å². The van der Waals surface area contributed by atoms with Crippen molar-refractivity contribution in [3.8, 4) is 0 Å². The first-order valence-corrected chi connectivity index (χ1v) is 8.04. The van der Waals surface area contributed by atoms with Crippen molar-refractivity contribution in [1.29, 1.82) is 0 Å². The zero-order chi connectivity index (χ0) is 21.1. The van der Waals surface area contributed by atoms with E-state index >= 15 is 0 Å². The Morgan fingerprint density at radius 3 is 1.85 bits per heavy atom. The lowest BCUT2D eigenvalue weighted by Crippen LogP contribution is -2.90. The summed E-state index contributed by atoms with van der Waals surface area (Å²) in [5, 5.41) is 102. The van der Waals surface area contributed by atoms with Crippen LogP contribution >= 0.6 is 0 Å². The zero-order valence-corrected chi connectivity index (χ0v) is 14.2. The van der Waals surface area contributed by atoms with Crippen LogP contribution in [0, 0.1) is 0 Å². The van der Waals surface area contributed by atoms with Crippen LogP contribution in [-0.4, -0.2) is 129 Å². The molecule has 0 radical (unpaired) electrons. The summed E-state index contributed by atoms with van der Waals surface area (Å²) in [5.41, 5.74) is -1.65. The molecule has 1 heterocycles. The summed E-state index contributed by atoms with van der Waals surface area (Å²) in [4.78, 5) is 12.1. The van der Waals surface area contributed by atoms with E-state index in [0.29, 0.717) is 6.92 Å². The van der Waals surface area contributed by atoms with Crippen molar-refractivity contribution in [1.82, 2.24) is 0 Å². The third kappa shape index (κ3) is 2.60. The third-order valence-corrected chi connectivity index (χ3v) is 5.58. The number of hydrogen-bond acceptors (Lipinski definition) is 13. The van der Waals surface area contributed by atoms with Crippen LogP contribution in [0.2, 0.25) is 0 Å². The van der Waals surface area contributed by atoms with E-state index in [1.807, 2.05) is 0 Å². The van der Waals surface area contributed by atoms with Gasteiger partial charge in [-0.1, -0.05) is 0 Å². The molecule has 0 aromatic heterocycles. The molecule has 13 heteroatoms. The second kappa shape index (κ2) is 6.91. The Morgan fingerprint density at radius 1 is 0.926 bits per heavy atom. The molecule has 2 aliphatic rings. The van der Waals surface area contributed by atoms with Crippen LogP contribution in [0.15, 0.2) is 0 Å². The lowest BCUT2D eigenvalue weighted by molar-refractivity contribution is -0.432. The first kappa shape index (κ1) is 22.5. The van der Waals surface area contributed by atoms with E-state index in [0.717, 1.165) is 0 Å². The molecule has 13 nitrogen and oxygen atoms in total. The molecule has 158 valence electrons. The highest BCUT2D eigenvalue weighted by Crippen LogP contribution is 2.49. The van der Waals surface area contributed by atoms with E-state index < -0.39 is 78.1 Å². The normalized spacial score (nSPS) is 56.7. The van der Waals surface area contributed by atoms with Crippen molar-refractivity contribution in [2.75, 3.05) is 6.61 Å². The molecule has 0 unspecified atom stereocenters. The van der Waals surface area contributed by atoms with Gasteiger partial charge >= 0.3 is 0 Å². The Balaban J connectivity index is 2.74. The van der Waals surface area contributed by atoms with E-state index in [9.17, 15) is 55.9 Å². The van der Waals surface area contributed by atoms with Crippen LogP contribution in [0.1, 0.15) is 6.92 Å². The molecule has 0 aromatic carbocycles.